The van der Waals surface area contributed by atoms with Gasteiger partial charge in [0.1, 0.15) is 0 Å². The van der Waals surface area contributed by atoms with Crippen LogP contribution < -0.4 is 5.32 Å². The maximum Gasteiger partial charge on any atom is 0.311 e. The molecule has 1 aromatic rings. The lowest BCUT2D eigenvalue weighted by molar-refractivity contribution is -0.384. The first-order chi connectivity index (χ1) is 9.56. The van der Waals surface area contributed by atoms with E-state index in [0.717, 1.165) is 32.1 Å². The fourth-order valence-corrected chi connectivity index (χ4v) is 2.06. The van der Waals surface area contributed by atoms with Crippen LogP contribution in [0.25, 0.3) is 0 Å². The summed E-state index contributed by atoms with van der Waals surface area (Å²) in [5.74, 6) is 0.221. The van der Waals surface area contributed by atoms with Crippen molar-refractivity contribution < 1.29 is 10.0 Å². The molecule has 0 unspecified atom stereocenters. The normalized spacial score (nSPS) is 13.8. The first-order valence-electron chi connectivity index (χ1n) is 7.10. The molecule has 0 aliphatic carbocycles. The summed E-state index contributed by atoms with van der Waals surface area (Å²) in [7, 11) is 0. The minimum atomic E-state index is -0.585. The number of unbranched alkanes of at least 4 members (excludes halogenated alkanes) is 3. The van der Waals surface area contributed by atoms with Gasteiger partial charge in [-0.05, 0) is 19.4 Å². The number of nitrogens with zero attached hydrogens (tertiary/aromatic N) is 2. The second kappa shape index (κ2) is 8.47. The molecule has 0 bridgehead atoms. The molecule has 1 heterocycles. The summed E-state index contributed by atoms with van der Waals surface area (Å²) in [5, 5.41) is 23.7. The average Bonchev–Trinajstić information content (AvgIpc) is 2.42. The van der Waals surface area contributed by atoms with Crippen LogP contribution in [0.5, 0.6) is 0 Å². The van der Waals surface area contributed by atoms with Gasteiger partial charge in [-0.2, -0.15) is 0 Å². The van der Waals surface area contributed by atoms with Crippen LogP contribution >= 0.6 is 0 Å². The van der Waals surface area contributed by atoms with Gasteiger partial charge in [0.05, 0.1) is 17.1 Å². The van der Waals surface area contributed by atoms with Crippen LogP contribution in [0.3, 0.4) is 0 Å². The number of pyridine rings is 1. The van der Waals surface area contributed by atoms with Gasteiger partial charge in [0, 0.05) is 12.3 Å². The number of hydrogen-bond donors (Lipinski definition) is 2. The van der Waals surface area contributed by atoms with E-state index in [1.165, 1.54) is 18.3 Å². The van der Waals surface area contributed by atoms with E-state index in [-0.39, 0.29) is 17.5 Å². The second-order valence-electron chi connectivity index (χ2n) is 4.97. The van der Waals surface area contributed by atoms with Gasteiger partial charge in [-0.15, -0.1) is 0 Å². The zero-order valence-electron chi connectivity index (χ0n) is 12.1. The van der Waals surface area contributed by atoms with Gasteiger partial charge in [-0.3, -0.25) is 10.1 Å². The molecule has 2 N–H and O–H groups in total. The highest BCUT2D eigenvalue weighted by Crippen LogP contribution is 2.23. The lowest BCUT2D eigenvalue weighted by Crippen LogP contribution is -2.32. The van der Waals surface area contributed by atoms with Crippen molar-refractivity contribution >= 4 is 11.5 Å². The Kier molecular flexibility index (Phi) is 6.93. The van der Waals surface area contributed by atoms with E-state index in [0.29, 0.717) is 0 Å². The molecule has 0 amide bonds. The predicted molar refractivity (Wildman–Crippen MR) is 78.7 cm³/mol. The SMILES string of the molecule is CCCCCC[C@H](Nc1ncccc1[N+](=O)[O-])[C@@H](C)O. The highest BCUT2D eigenvalue weighted by Gasteiger charge is 2.20. The summed E-state index contributed by atoms with van der Waals surface area (Å²) in [5.41, 5.74) is -0.0632. The Morgan fingerprint density at radius 2 is 2.20 bits per heavy atom. The molecule has 0 saturated heterocycles. The Bertz CT molecular complexity index is 424. The summed E-state index contributed by atoms with van der Waals surface area (Å²) >= 11 is 0. The largest absolute Gasteiger partial charge is 0.391 e. The highest BCUT2D eigenvalue weighted by atomic mass is 16.6. The molecule has 6 heteroatoms. The molecular formula is C14H23N3O3. The van der Waals surface area contributed by atoms with Gasteiger partial charge >= 0.3 is 5.69 Å². The Labute approximate surface area is 119 Å². The standard InChI is InChI=1S/C14H23N3O3/c1-3-4-5-6-8-12(11(2)18)16-14-13(17(19)20)9-7-10-15-14/h7,9-12,18H,3-6,8H2,1-2H3,(H,15,16)/t11-,12+/m1/s1. The lowest BCUT2D eigenvalue weighted by Gasteiger charge is -2.21. The zero-order chi connectivity index (χ0) is 15.0. The summed E-state index contributed by atoms with van der Waals surface area (Å²) in [6, 6.07) is 2.72. The van der Waals surface area contributed by atoms with Crippen molar-refractivity contribution in [2.24, 2.45) is 0 Å². The van der Waals surface area contributed by atoms with Crippen molar-refractivity contribution in [3.63, 3.8) is 0 Å². The van der Waals surface area contributed by atoms with Crippen molar-refractivity contribution in [1.29, 1.82) is 0 Å². The topological polar surface area (TPSA) is 88.3 Å². The van der Waals surface area contributed by atoms with E-state index in [1.807, 2.05) is 0 Å². The van der Waals surface area contributed by atoms with Gasteiger partial charge in [-0.1, -0.05) is 32.6 Å². The van der Waals surface area contributed by atoms with Crippen LogP contribution in [0, 0.1) is 10.1 Å². The Morgan fingerprint density at radius 1 is 1.45 bits per heavy atom. The molecule has 0 fully saturated rings. The molecule has 0 saturated carbocycles. The van der Waals surface area contributed by atoms with E-state index in [4.69, 9.17) is 0 Å². The van der Waals surface area contributed by atoms with Crippen LogP contribution in [-0.4, -0.2) is 27.2 Å². The molecule has 6 nitrogen and oxygen atoms in total. The van der Waals surface area contributed by atoms with E-state index >= 15 is 0 Å². The molecule has 112 valence electrons. The predicted octanol–water partition coefficient (Wildman–Crippen LogP) is 3.12. The quantitative estimate of drug-likeness (QED) is 0.412. The third kappa shape index (κ3) is 5.13. The molecule has 0 aliphatic rings. The van der Waals surface area contributed by atoms with Crippen LogP contribution in [0.2, 0.25) is 0 Å². The Morgan fingerprint density at radius 3 is 2.80 bits per heavy atom. The van der Waals surface area contributed by atoms with Crippen LogP contribution in [0.4, 0.5) is 11.5 Å². The van der Waals surface area contributed by atoms with Crippen LogP contribution in [-0.2, 0) is 0 Å². The minimum Gasteiger partial charge on any atom is -0.391 e. The van der Waals surface area contributed by atoms with Crippen LogP contribution in [0.15, 0.2) is 18.3 Å². The fourth-order valence-electron chi connectivity index (χ4n) is 2.06. The van der Waals surface area contributed by atoms with Crippen molar-refractivity contribution in [3.8, 4) is 0 Å². The molecular weight excluding hydrogens is 258 g/mol. The molecule has 1 rings (SSSR count). The number of rotatable bonds is 9. The van der Waals surface area contributed by atoms with Gasteiger partial charge < -0.3 is 10.4 Å². The van der Waals surface area contributed by atoms with Gasteiger partial charge in [-0.25, -0.2) is 4.98 Å². The number of nitrogens with one attached hydrogen (secondary N) is 1. The molecule has 2 atom stereocenters. The van der Waals surface area contributed by atoms with Gasteiger partial charge in [0.2, 0.25) is 5.82 Å². The molecule has 0 aliphatic heterocycles. The first-order valence-corrected chi connectivity index (χ1v) is 7.10. The van der Waals surface area contributed by atoms with E-state index in [1.54, 1.807) is 6.92 Å². The second-order valence-corrected chi connectivity index (χ2v) is 4.97. The molecule has 20 heavy (non-hydrogen) atoms. The maximum absolute atomic E-state index is 10.9. The highest BCUT2D eigenvalue weighted by molar-refractivity contribution is 5.55. The summed E-state index contributed by atoms with van der Waals surface area (Å²) in [4.78, 5) is 14.5. The number of anilines is 1. The third-order valence-corrected chi connectivity index (χ3v) is 3.26. The van der Waals surface area contributed by atoms with E-state index in [9.17, 15) is 15.2 Å². The zero-order valence-corrected chi connectivity index (χ0v) is 12.1. The monoisotopic (exact) mass is 281 g/mol. The Hall–Kier alpha value is -1.69. The molecule has 0 radical (unpaired) electrons. The minimum absolute atomic E-state index is 0.0632. The third-order valence-electron chi connectivity index (χ3n) is 3.26. The van der Waals surface area contributed by atoms with Crippen molar-refractivity contribution in [3.05, 3.63) is 28.4 Å². The van der Waals surface area contributed by atoms with Crippen molar-refractivity contribution in [1.82, 2.24) is 4.98 Å². The summed E-state index contributed by atoms with van der Waals surface area (Å²) in [6.07, 6.45) is 6.09. The smallest absolute Gasteiger partial charge is 0.311 e. The first kappa shape index (κ1) is 16.4. The maximum atomic E-state index is 10.9. The van der Waals surface area contributed by atoms with Crippen molar-refractivity contribution in [2.75, 3.05) is 5.32 Å². The summed E-state index contributed by atoms with van der Waals surface area (Å²) in [6.45, 7) is 3.83. The molecule has 1 aromatic heterocycles. The number of aromatic nitrogens is 1. The van der Waals surface area contributed by atoms with Crippen LogP contribution in [0.1, 0.15) is 46.0 Å². The molecule has 0 aromatic carbocycles. The number of hydrogen-bond acceptors (Lipinski definition) is 5. The van der Waals surface area contributed by atoms with E-state index in [2.05, 4.69) is 17.2 Å². The lowest BCUT2D eigenvalue weighted by atomic mass is 10.0. The Balaban J connectivity index is 2.68. The molecule has 0 spiro atoms. The van der Waals surface area contributed by atoms with Gasteiger partial charge in [0.25, 0.3) is 0 Å². The van der Waals surface area contributed by atoms with Gasteiger partial charge in [0.15, 0.2) is 0 Å². The number of nitro groups is 1. The fraction of sp³-hybridized carbons (Fsp3) is 0.643. The number of aliphatic hydroxyl groups is 1. The van der Waals surface area contributed by atoms with Crippen molar-refractivity contribution in [2.45, 2.75) is 58.1 Å². The summed E-state index contributed by atoms with van der Waals surface area (Å²) < 4.78 is 0. The average molecular weight is 281 g/mol. The van der Waals surface area contributed by atoms with E-state index < -0.39 is 11.0 Å². The number of aliphatic hydroxyl groups excluding tert-OH is 1.